The summed E-state index contributed by atoms with van der Waals surface area (Å²) in [6.07, 6.45) is 1.34. The number of para-hydroxylation sites is 1. The van der Waals surface area contributed by atoms with E-state index >= 15 is 0 Å². The highest BCUT2D eigenvalue weighted by Gasteiger charge is 2.28. The van der Waals surface area contributed by atoms with Gasteiger partial charge < -0.3 is 4.90 Å². The van der Waals surface area contributed by atoms with Crippen molar-refractivity contribution in [3.8, 4) is 0 Å². The van der Waals surface area contributed by atoms with Crippen LogP contribution in [0.2, 0.25) is 0 Å². The van der Waals surface area contributed by atoms with E-state index in [2.05, 4.69) is 28.6 Å². The van der Waals surface area contributed by atoms with Crippen molar-refractivity contribution in [2.45, 2.75) is 25.8 Å². The number of thiophene rings is 1. The van der Waals surface area contributed by atoms with Gasteiger partial charge in [0.1, 0.15) is 0 Å². The molecule has 4 rings (SSSR count). The molecule has 0 fully saturated rings. The molecule has 4 nitrogen and oxygen atoms in total. The number of nitrogens with one attached hydrogen (secondary N) is 1. The Kier molecular flexibility index (Phi) is 3.22. The Morgan fingerprint density at radius 1 is 1.41 bits per heavy atom. The van der Waals surface area contributed by atoms with Crippen LogP contribution in [-0.2, 0) is 17.6 Å². The summed E-state index contributed by atoms with van der Waals surface area (Å²) in [5.41, 5.74) is 3.13. The highest BCUT2D eigenvalue weighted by Crippen LogP contribution is 2.33. The molecule has 1 atom stereocenters. The summed E-state index contributed by atoms with van der Waals surface area (Å²) in [7, 11) is 0. The molecule has 1 aliphatic rings. The Morgan fingerprint density at radius 2 is 2.27 bits per heavy atom. The first-order valence-corrected chi connectivity index (χ1v) is 8.39. The zero-order chi connectivity index (χ0) is 15.1. The number of benzene rings is 1. The van der Waals surface area contributed by atoms with E-state index in [1.54, 1.807) is 11.3 Å². The second-order valence-electron chi connectivity index (χ2n) is 5.71. The van der Waals surface area contributed by atoms with Crippen molar-refractivity contribution in [1.82, 2.24) is 15.1 Å². The summed E-state index contributed by atoms with van der Waals surface area (Å²) in [5, 5.41) is 10.4. The van der Waals surface area contributed by atoms with Gasteiger partial charge in [-0.05, 0) is 36.4 Å². The van der Waals surface area contributed by atoms with Crippen LogP contribution in [0.4, 0.5) is 0 Å². The molecule has 2 aromatic heterocycles. The number of hydrogen-bond donors (Lipinski definition) is 1. The Hall–Kier alpha value is -2.14. The van der Waals surface area contributed by atoms with E-state index in [1.807, 2.05) is 29.2 Å². The first-order valence-electron chi connectivity index (χ1n) is 7.52. The van der Waals surface area contributed by atoms with Gasteiger partial charge in [0, 0.05) is 16.8 Å². The van der Waals surface area contributed by atoms with Gasteiger partial charge in [-0.2, -0.15) is 5.10 Å². The summed E-state index contributed by atoms with van der Waals surface area (Å²) in [6.45, 7) is 2.92. The molecule has 112 valence electrons. The number of hydrogen-bond acceptors (Lipinski definition) is 3. The Balaban J connectivity index is 1.58. The third-order valence-corrected chi connectivity index (χ3v) is 5.46. The van der Waals surface area contributed by atoms with Gasteiger partial charge >= 0.3 is 0 Å². The molecule has 3 heterocycles. The molecule has 1 unspecified atom stereocenters. The fourth-order valence-electron chi connectivity index (χ4n) is 3.25. The molecule has 0 saturated heterocycles. The van der Waals surface area contributed by atoms with Crippen molar-refractivity contribution in [3.05, 3.63) is 51.8 Å². The van der Waals surface area contributed by atoms with Gasteiger partial charge in [0.15, 0.2) is 0 Å². The first kappa shape index (κ1) is 13.5. The van der Waals surface area contributed by atoms with Gasteiger partial charge in [-0.25, -0.2) is 0 Å². The second kappa shape index (κ2) is 5.25. The van der Waals surface area contributed by atoms with E-state index in [0.717, 1.165) is 29.6 Å². The standard InChI is InChI=1S/C17H17N3OS/c1-11-12-7-9-22-16(12)6-8-20(11)17(21)10-15-13-4-2-3-5-14(13)18-19-15/h2-5,7,9,11H,6,8,10H2,1H3,(H,18,19). The molecular formula is C17H17N3OS. The zero-order valence-corrected chi connectivity index (χ0v) is 13.2. The molecule has 1 N–H and O–H groups in total. The minimum absolute atomic E-state index is 0.164. The van der Waals surface area contributed by atoms with E-state index in [9.17, 15) is 4.79 Å². The average Bonchev–Trinajstić information content (AvgIpc) is 3.15. The molecular weight excluding hydrogens is 294 g/mol. The molecule has 0 bridgehead atoms. The number of nitrogens with zero attached hydrogens (tertiary/aromatic N) is 2. The van der Waals surface area contributed by atoms with Crippen LogP contribution in [-0.4, -0.2) is 27.5 Å². The third kappa shape index (κ3) is 2.13. The van der Waals surface area contributed by atoms with E-state index in [0.29, 0.717) is 6.42 Å². The number of aromatic nitrogens is 2. The lowest BCUT2D eigenvalue weighted by Crippen LogP contribution is -2.39. The number of amides is 1. The molecule has 0 aliphatic carbocycles. The smallest absolute Gasteiger partial charge is 0.229 e. The fraction of sp³-hybridized carbons (Fsp3) is 0.294. The summed E-state index contributed by atoms with van der Waals surface area (Å²) >= 11 is 1.80. The lowest BCUT2D eigenvalue weighted by Gasteiger charge is -2.33. The predicted molar refractivity (Wildman–Crippen MR) is 87.9 cm³/mol. The van der Waals surface area contributed by atoms with Crippen LogP contribution in [0.3, 0.4) is 0 Å². The Morgan fingerprint density at radius 3 is 3.18 bits per heavy atom. The summed E-state index contributed by atoms with van der Waals surface area (Å²) < 4.78 is 0. The second-order valence-corrected chi connectivity index (χ2v) is 6.71. The Labute approximate surface area is 132 Å². The van der Waals surface area contributed by atoms with Crippen molar-refractivity contribution < 1.29 is 4.79 Å². The van der Waals surface area contributed by atoms with Crippen LogP contribution in [0.25, 0.3) is 10.9 Å². The van der Waals surface area contributed by atoms with Crippen LogP contribution < -0.4 is 0 Å². The first-order chi connectivity index (χ1) is 10.7. The van der Waals surface area contributed by atoms with Crippen LogP contribution in [0.1, 0.15) is 29.1 Å². The highest BCUT2D eigenvalue weighted by molar-refractivity contribution is 7.10. The predicted octanol–water partition coefficient (Wildman–Crippen LogP) is 3.31. The average molecular weight is 311 g/mol. The number of H-pyrrole nitrogens is 1. The maximum atomic E-state index is 12.7. The maximum Gasteiger partial charge on any atom is 0.229 e. The lowest BCUT2D eigenvalue weighted by atomic mass is 10.0. The molecule has 22 heavy (non-hydrogen) atoms. The number of fused-ring (bicyclic) bond motifs is 2. The van der Waals surface area contributed by atoms with Crippen LogP contribution in [0, 0.1) is 0 Å². The largest absolute Gasteiger partial charge is 0.335 e. The van der Waals surface area contributed by atoms with Gasteiger partial charge in [0.2, 0.25) is 5.91 Å². The molecule has 1 aliphatic heterocycles. The third-order valence-electron chi connectivity index (χ3n) is 4.47. The molecule has 0 spiro atoms. The number of rotatable bonds is 2. The number of carbonyl (C=O) groups is 1. The van der Waals surface area contributed by atoms with Gasteiger partial charge in [0.05, 0.1) is 23.7 Å². The van der Waals surface area contributed by atoms with Gasteiger partial charge in [-0.3, -0.25) is 9.89 Å². The summed E-state index contributed by atoms with van der Waals surface area (Å²) in [4.78, 5) is 16.1. The van der Waals surface area contributed by atoms with E-state index < -0.39 is 0 Å². The van der Waals surface area contributed by atoms with Crippen molar-refractivity contribution >= 4 is 28.1 Å². The van der Waals surface area contributed by atoms with Crippen LogP contribution in [0.5, 0.6) is 0 Å². The summed E-state index contributed by atoms with van der Waals surface area (Å²) in [6, 6.07) is 10.2. The van der Waals surface area contributed by atoms with E-state index in [1.165, 1.54) is 10.4 Å². The SMILES string of the molecule is CC1c2ccsc2CCN1C(=O)Cc1[nH]nc2ccccc12. The van der Waals surface area contributed by atoms with E-state index in [4.69, 9.17) is 0 Å². The van der Waals surface area contributed by atoms with E-state index in [-0.39, 0.29) is 11.9 Å². The van der Waals surface area contributed by atoms with Crippen molar-refractivity contribution in [2.75, 3.05) is 6.54 Å². The van der Waals surface area contributed by atoms with Crippen LogP contribution >= 0.6 is 11.3 Å². The molecule has 0 radical (unpaired) electrons. The zero-order valence-electron chi connectivity index (χ0n) is 12.4. The maximum absolute atomic E-state index is 12.7. The molecule has 1 amide bonds. The van der Waals surface area contributed by atoms with Gasteiger partial charge in [-0.1, -0.05) is 18.2 Å². The quantitative estimate of drug-likeness (QED) is 0.789. The number of aromatic amines is 1. The normalized spacial score (nSPS) is 17.7. The Bertz CT molecular complexity index is 835. The minimum atomic E-state index is 0.164. The van der Waals surface area contributed by atoms with Crippen molar-refractivity contribution in [3.63, 3.8) is 0 Å². The van der Waals surface area contributed by atoms with Crippen molar-refractivity contribution in [2.24, 2.45) is 0 Å². The molecule has 5 heteroatoms. The minimum Gasteiger partial charge on any atom is -0.335 e. The summed E-state index contributed by atoms with van der Waals surface area (Å²) in [5.74, 6) is 0.166. The van der Waals surface area contributed by atoms with Gasteiger partial charge in [-0.15, -0.1) is 11.3 Å². The topological polar surface area (TPSA) is 49.0 Å². The highest BCUT2D eigenvalue weighted by atomic mass is 32.1. The molecule has 0 saturated carbocycles. The van der Waals surface area contributed by atoms with Crippen molar-refractivity contribution in [1.29, 1.82) is 0 Å². The number of carbonyl (C=O) groups excluding carboxylic acids is 1. The molecule has 1 aromatic carbocycles. The monoisotopic (exact) mass is 311 g/mol. The van der Waals surface area contributed by atoms with Crippen LogP contribution in [0.15, 0.2) is 35.7 Å². The lowest BCUT2D eigenvalue weighted by molar-refractivity contribution is -0.133. The fourth-order valence-corrected chi connectivity index (χ4v) is 4.21. The molecule has 3 aromatic rings. The van der Waals surface area contributed by atoms with Gasteiger partial charge in [0.25, 0.3) is 0 Å².